The van der Waals surface area contributed by atoms with Crippen molar-refractivity contribution < 1.29 is 4.79 Å². The molecule has 0 aliphatic heterocycles. The standard InChI is InChI=1S/C20H24N2O/c21-19-11-4-2-7-16(19)12-13-20(23)22-14-17-9-5-8-15-6-1-3-10-18(15)17/h1-4,6-7,10-11,17H,5,8-9,12-14,21H2,(H,22,23). The average molecular weight is 308 g/mol. The average Bonchev–Trinajstić information content (AvgIpc) is 2.59. The molecule has 0 saturated heterocycles. The summed E-state index contributed by atoms with van der Waals surface area (Å²) in [6.45, 7) is 0.736. The third-order valence-electron chi connectivity index (χ3n) is 4.72. The summed E-state index contributed by atoms with van der Waals surface area (Å²) in [6, 6.07) is 16.4. The molecule has 0 saturated carbocycles. The lowest BCUT2D eigenvalue weighted by Crippen LogP contribution is -2.30. The number of aryl methyl sites for hydroxylation is 2. The molecule has 1 atom stereocenters. The van der Waals surface area contributed by atoms with Crippen molar-refractivity contribution >= 4 is 11.6 Å². The van der Waals surface area contributed by atoms with Gasteiger partial charge in [0.05, 0.1) is 0 Å². The zero-order valence-electron chi connectivity index (χ0n) is 13.4. The van der Waals surface area contributed by atoms with E-state index in [1.165, 1.54) is 17.5 Å². The largest absolute Gasteiger partial charge is 0.399 e. The van der Waals surface area contributed by atoms with Gasteiger partial charge < -0.3 is 11.1 Å². The van der Waals surface area contributed by atoms with Crippen molar-refractivity contribution in [3.8, 4) is 0 Å². The summed E-state index contributed by atoms with van der Waals surface area (Å²) < 4.78 is 0. The predicted octanol–water partition coefficient (Wildman–Crippen LogP) is 3.44. The van der Waals surface area contributed by atoms with E-state index in [1.54, 1.807) is 0 Å². The number of hydrogen-bond donors (Lipinski definition) is 2. The van der Waals surface area contributed by atoms with Gasteiger partial charge in [0, 0.05) is 24.6 Å². The first-order chi connectivity index (χ1) is 11.2. The monoisotopic (exact) mass is 308 g/mol. The van der Waals surface area contributed by atoms with Crippen molar-refractivity contribution in [2.75, 3.05) is 12.3 Å². The van der Waals surface area contributed by atoms with Gasteiger partial charge in [-0.1, -0.05) is 42.5 Å². The van der Waals surface area contributed by atoms with E-state index >= 15 is 0 Å². The molecule has 0 spiro atoms. The normalized spacial score (nSPS) is 16.6. The SMILES string of the molecule is Nc1ccccc1CCC(=O)NCC1CCCc2ccccc21. The number of hydrogen-bond acceptors (Lipinski definition) is 2. The molecular formula is C20H24N2O. The number of benzene rings is 2. The van der Waals surface area contributed by atoms with E-state index in [2.05, 4.69) is 29.6 Å². The predicted molar refractivity (Wildman–Crippen MR) is 94.3 cm³/mol. The molecule has 1 aliphatic rings. The Labute approximate surface area is 137 Å². The Morgan fingerprint density at radius 2 is 1.91 bits per heavy atom. The summed E-state index contributed by atoms with van der Waals surface area (Å²) in [5.41, 5.74) is 10.6. The molecule has 1 amide bonds. The van der Waals surface area contributed by atoms with Crippen LogP contribution in [0.25, 0.3) is 0 Å². The second kappa shape index (κ2) is 7.32. The molecule has 120 valence electrons. The Morgan fingerprint density at radius 1 is 1.13 bits per heavy atom. The molecule has 0 heterocycles. The van der Waals surface area contributed by atoms with Crippen molar-refractivity contribution in [3.63, 3.8) is 0 Å². The van der Waals surface area contributed by atoms with Crippen LogP contribution in [0.1, 0.15) is 41.9 Å². The Balaban J connectivity index is 1.51. The van der Waals surface area contributed by atoms with E-state index in [9.17, 15) is 4.79 Å². The summed E-state index contributed by atoms with van der Waals surface area (Å²) in [6.07, 6.45) is 4.71. The molecule has 0 fully saturated rings. The minimum atomic E-state index is 0.108. The minimum absolute atomic E-state index is 0.108. The molecule has 3 rings (SSSR count). The number of para-hydroxylation sites is 1. The molecule has 1 unspecified atom stereocenters. The molecular weight excluding hydrogens is 284 g/mol. The fourth-order valence-electron chi connectivity index (χ4n) is 3.40. The second-order valence-electron chi connectivity index (χ2n) is 6.29. The van der Waals surface area contributed by atoms with E-state index in [0.717, 1.165) is 30.6 Å². The molecule has 3 heteroatoms. The second-order valence-corrected chi connectivity index (χ2v) is 6.29. The molecule has 2 aromatic rings. The Morgan fingerprint density at radius 3 is 2.78 bits per heavy atom. The third kappa shape index (κ3) is 3.92. The molecule has 23 heavy (non-hydrogen) atoms. The van der Waals surface area contributed by atoms with Crippen LogP contribution in [0.15, 0.2) is 48.5 Å². The summed E-state index contributed by atoms with van der Waals surface area (Å²) in [4.78, 5) is 12.1. The van der Waals surface area contributed by atoms with Crippen LogP contribution in [0.4, 0.5) is 5.69 Å². The van der Waals surface area contributed by atoms with E-state index < -0.39 is 0 Å². The fraction of sp³-hybridized carbons (Fsp3) is 0.350. The summed E-state index contributed by atoms with van der Waals surface area (Å²) in [5.74, 6) is 0.557. The van der Waals surface area contributed by atoms with Gasteiger partial charge in [0.2, 0.25) is 5.91 Å². The minimum Gasteiger partial charge on any atom is -0.399 e. The van der Waals surface area contributed by atoms with Gasteiger partial charge in [-0.05, 0) is 48.4 Å². The highest BCUT2D eigenvalue weighted by Crippen LogP contribution is 2.30. The van der Waals surface area contributed by atoms with E-state index in [4.69, 9.17) is 5.73 Å². The third-order valence-corrected chi connectivity index (χ3v) is 4.72. The highest BCUT2D eigenvalue weighted by Gasteiger charge is 2.20. The van der Waals surface area contributed by atoms with Gasteiger partial charge in [-0.15, -0.1) is 0 Å². The summed E-state index contributed by atoms with van der Waals surface area (Å²) >= 11 is 0. The first kappa shape index (κ1) is 15.6. The number of amides is 1. The number of rotatable bonds is 5. The summed E-state index contributed by atoms with van der Waals surface area (Å²) in [7, 11) is 0. The Bertz CT molecular complexity index is 681. The number of nitrogen functional groups attached to an aromatic ring is 1. The smallest absolute Gasteiger partial charge is 0.220 e. The van der Waals surface area contributed by atoms with Gasteiger partial charge in [0.25, 0.3) is 0 Å². The van der Waals surface area contributed by atoms with Gasteiger partial charge in [-0.3, -0.25) is 4.79 Å². The molecule has 0 radical (unpaired) electrons. The number of carbonyl (C=O) groups is 1. The number of fused-ring (bicyclic) bond motifs is 1. The van der Waals surface area contributed by atoms with Crippen LogP contribution in [-0.4, -0.2) is 12.5 Å². The van der Waals surface area contributed by atoms with Crippen molar-refractivity contribution in [1.29, 1.82) is 0 Å². The fourth-order valence-corrected chi connectivity index (χ4v) is 3.40. The number of anilines is 1. The molecule has 3 nitrogen and oxygen atoms in total. The van der Waals surface area contributed by atoms with Crippen LogP contribution in [0.5, 0.6) is 0 Å². The molecule has 3 N–H and O–H groups in total. The van der Waals surface area contributed by atoms with Crippen molar-refractivity contribution in [3.05, 3.63) is 65.2 Å². The highest BCUT2D eigenvalue weighted by molar-refractivity contribution is 5.76. The topological polar surface area (TPSA) is 55.1 Å². The zero-order valence-corrected chi connectivity index (χ0v) is 13.4. The van der Waals surface area contributed by atoms with E-state index in [1.807, 2.05) is 24.3 Å². The lowest BCUT2D eigenvalue weighted by atomic mass is 9.83. The van der Waals surface area contributed by atoms with Gasteiger partial charge in [0.15, 0.2) is 0 Å². The van der Waals surface area contributed by atoms with E-state index in [0.29, 0.717) is 18.8 Å². The Kier molecular flexibility index (Phi) is 4.96. The lowest BCUT2D eigenvalue weighted by molar-refractivity contribution is -0.121. The van der Waals surface area contributed by atoms with Crippen LogP contribution in [-0.2, 0) is 17.6 Å². The van der Waals surface area contributed by atoms with Crippen LogP contribution >= 0.6 is 0 Å². The van der Waals surface area contributed by atoms with Gasteiger partial charge in [0.1, 0.15) is 0 Å². The number of carbonyl (C=O) groups excluding carboxylic acids is 1. The number of nitrogens with two attached hydrogens (primary N) is 1. The van der Waals surface area contributed by atoms with Crippen molar-refractivity contribution in [1.82, 2.24) is 5.32 Å². The maximum atomic E-state index is 12.1. The zero-order chi connectivity index (χ0) is 16.1. The molecule has 2 aromatic carbocycles. The summed E-state index contributed by atoms with van der Waals surface area (Å²) in [5, 5.41) is 3.10. The van der Waals surface area contributed by atoms with Gasteiger partial charge in [-0.25, -0.2) is 0 Å². The lowest BCUT2D eigenvalue weighted by Gasteiger charge is -2.25. The number of nitrogens with one attached hydrogen (secondary N) is 1. The van der Waals surface area contributed by atoms with Crippen LogP contribution in [0.2, 0.25) is 0 Å². The molecule has 0 bridgehead atoms. The highest BCUT2D eigenvalue weighted by atomic mass is 16.1. The van der Waals surface area contributed by atoms with Gasteiger partial charge in [-0.2, -0.15) is 0 Å². The van der Waals surface area contributed by atoms with Gasteiger partial charge >= 0.3 is 0 Å². The maximum Gasteiger partial charge on any atom is 0.220 e. The quantitative estimate of drug-likeness (QED) is 0.831. The van der Waals surface area contributed by atoms with Crippen molar-refractivity contribution in [2.24, 2.45) is 0 Å². The maximum absolute atomic E-state index is 12.1. The van der Waals surface area contributed by atoms with E-state index in [-0.39, 0.29) is 5.91 Å². The van der Waals surface area contributed by atoms with Crippen LogP contribution in [0.3, 0.4) is 0 Å². The van der Waals surface area contributed by atoms with Crippen molar-refractivity contribution in [2.45, 2.75) is 38.0 Å². The molecule has 1 aliphatic carbocycles. The first-order valence-corrected chi connectivity index (χ1v) is 8.42. The first-order valence-electron chi connectivity index (χ1n) is 8.42. The van der Waals surface area contributed by atoms with Crippen LogP contribution < -0.4 is 11.1 Å². The molecule has 0 aromatic heterocycles. The van der Waals surface area contributed by atoms with Crippen LogP contribution in [0, 0.1) is 0 Å². The Hall–Kier alpha value is -2.29.